The van der Waals surface area contributed by atoms with E-state index in [1.54, 1.807) is 0 Å². The van der Waals surface area contributed by atoms with Crippen molar-refractivity contribution in [2.24, 2.45) is 0 Å². The summed E-state index contributed by atoms with van der Waals surface area (Å²) in [5.74, 6) is 0.156. The fraction of sp³-hybridized carbons (Fsp3) is 0.600. The third-order valence-electron chi connectivity index (χ3n) is 3.71. The van der Waals surface area contributed by atoms with Crippen LogP contribution < -0.4 is 4.72 Å². The van der Waals surface area contributed by atoms with Crippen LogP contribution in [0, 0.1) is 0 Å². The Kier molecular flexibility index (Phi) is 6.65. The van der Waals surface area contributed by atoms with E-state index in [1.807, 2.05) is 31.2 Å². The molecule has 1 heterocycles. The number of morpholine rings is 1. The van der Waals surface area contributed by atoms with Gasteiger partial charge in [0.05, 0.1) is 19.0 Å². The van der Waals surface area contributed by atoms with E-state index in [2.05, 4.69) is 9.62 Å². The molecule has 124 valence electrons. The van der Waals surface area contributed by atoms with E-state index < -0.39 is 10.0 Å². The zero-order valence-electron chi connectivity index (χ0n) is 12.8. The predicted octanol–water partition coefficient (Wildman–Crippen LogP) is 2.04. The second-order valence-electron chi connectivity index (χ2n) is 5.38. The molecule has 1 aromatic carbocycles. The maximum Gasteiger partial charge on any atom is 0.211 e. The lowest BCUT2D eigenvalue weighted by molar-refractivity contribution is 0.0172. The Hall–Kier alpha value is -0.660. The number of nitrogens with zero attached hydrogens (tertiary/aromatic N) is 1. The Morgan fingerprint density at radius 2 is 1.91 bits per heavy atom. The van der Waals surface area contributed by atoms with E-state index in [4.69, 9.17) is 16.3 Å². The predicted molar refractivity (Wildman–Crippen MR) is 88.7 cm³/mol. The molecule has 7 heteroatoms. The molecule has 0 amide bonds. The SMILES string of the molecule is CCCS(=O)(=O)NCC(c1ccc(Cl)cc1)N1CCOCC1. The number of halogens is 1. The van der Waals surface area contributed by atoms with Gasteiger partial charge in [-0.2, -0.15) is 0 Å². The molecule has 1 atom stereocenters. The maximum absolute atomic E-state index is 11.9. The zero-order chi connectivity index (χ0) is 16.0. The zero-order valence-corrected chi connectivity index (χ0v) is 14.4. The van der Waals surface area contributed by atoms with Crippen molar-refractivity contribution in [2.75, 3.05) is 38.6 Å². The summed E-state index contributed by atoms with van der Waals surface area (Å²) in [5.41, 5.74) is 1.06. The third kappa shape index (κ3) is 5.21. The van der Waals surface area contributed by atoms with Crippen molar-refractivity contribution < 1.29 is 13.2 Å². The van der Waals surface area contributed by atoms with Crippen LogP contribution >= 0.6 is 11.6 Å². The summed E-state index contributed by atoms with van der Waals surface area (Å²) in [5, 5.41) is 0.677. The highest BCUT2D eigenvalue weighted by Gasteiger charge is 2.24. The van der Waals surface area contributed by atoms with E-state index in [9.17, 15) is 8.42 Å². The van der Waals surface area contributed by atoms with Gasteiger partial charge in [-0.15, -0.1) is 0 Å². The average molecular weight is 347 g/mol. The lowest BCUT2D eigenvalue weighted by Crippen LogP contribution is -2.44. The monoisotopic (exact) mass is 346 g/mol. The van der Waals surface area contributed by atoms with Crippen LogP contribution in [0.15, 0.2) is 24.3 Å². The average Bonchev–Trinajstić information content (AvgIpc) is 2.50. The lowest BCUT2D eigenvalue weighted by Gasteiger charge is -2.35. The van der Waals surface area contributed by atoms with Crippen LogP contribution in [0.25, 0.3) is 0 Å². The van der Waals surface area contributed by atoms with Crippen molar-refractivity contribution in [2.45, 2.75) is 19.4 Å². The van der Waals surface area contributed by atoms with Gasteiger partial charge in [0.25, 0.3) is 0 Å². The molecule has 1 aromatic rings. The number of nitrogens with one attached hydrogen (secondary N) is 1. The van der Waals surface area contributed by atoms with Crippen molar-refractivity contribution in [3.05, 3.63) is 34.9 Å². The smallest absolute Gasteiger partial charge is 0.211 e. The highest BCUT2D eigenvalue weighted by Crippen LogP contribution is 2.23. The van der Waals surface area contributed by atoms with Crippen LogP contribution in [0.1, 0.15) is 24.9 Å². The summed E-state index contributed by atoms with van der Waals surface area (Å²) in [6.45, 7) is 5.16. The van der Waals surface area contributed by atoms with E-state index in [0.717, 1.165) is 18.7 Å². The Bertz CT molecular complexity index is 557. The summed E-state index contributed by atoms with van der Waals surface area (Å²) in [6.07, 6.45) is 0.610. The van der Waals surface area contributed by atoms with Gasteiger partial charge in [0.15, 0.2) is 0 Å². The van der Waals surface area contributed by atoms with Gasteiger partial charge < -0.3 is 4.74 Å². The van der Waals surface area contributed by atoms with Crippen LogP contribution in [0.3, 0.4) is 0 Å². The highest BCUT2D eigenvalue weighted by molar-refractivity contribution is 7.89. The van der Waals surface area contributed by atoms with Crippen molar-refractivity contribution in [1.29, 1.82) is 0 Å². The first-order chi connectivity index (χ1) is 10.5. The molecule has 0 saturated carbocycles. The van der Waals surface area contributed by atoms with Crippen LogP contribution in [-0.2, 0) is 14.8 Å². The Labute approximate surface area is 137 Å². The summed E-state index contributed by atoms with van der Waals surface area (Å²) in [4.78, 5) is 2.25. The molecule has 1 fully saturated rings. The molecular weight excluding hydrogens is 324 g/mol. The van der Waals surface area contributed by atoms with Crippen molar-refractivity contribution in [3.8, 4) is 0 Å². The Balaban J connectivity index is 2.12. The quantitative estimate of drug-likeness (QED) is 0.820. The van der Waals surface area contributed by atoms with Gasteiger partial charge in [-0.25, -0.2) is 13.1 Å². The largest absolute Gasteiger partial charge is 0.379 e. The van der Waals surface area contributed by atoms with Gasteiger partial charge in [-0.05, 0) is 24.1 Å². The molecule has 1 N–H and O–H groups in total. The molecule has 0 spiro atoms. The van der Waals surface area contributed by atoms with E-state index >= 15 is 0 Å². The first-order valence-corrected chi connectivity index (χ1v) is 9.59. The standard InChI is InChI=1S/C15H23ClN2O3S/c1-2-11-22(19,20)17-12-15(18-7-9-21-10-8-18)13-3-5-14(16)6-4-13/h3-6,15,17H,2,7-12H2,1H3. The summed E-state index contributed by atoms with van der Waals surface area (Å²) in [7, 11) is -3.22. The molecule has 0 aromatic heterocycles. The molecule has 0 radical (unpaired) electrons. The minimum atomic E-state index is -3.22. The first kappa shape index (κ1) is 17.7. The summed E-state index contributed by atoms with van der Waals surface area (Å²) < 4.78 is 32.0. The molecule has 5 nitrogen and oxygen atoms in total. The fourth-order valence-electron chi connectivity index (χ4n) is 2.58. The molecular formula is C15H23ClN2O3S. The van der Waals surface area contributed by atoms with Crippen molar-refractivity contribution in [3.63, 3.8) is 0 Å². The minimum absolute atomic E-state index is 0.00667. The Morgan fingerprint density at radius 1 is 1.27 bits per heavy atom. The van der Waals surface area contributed by atoms with Gasteiger partial charge in [0.1, 0.15) is 0 Å². The molecule has 2 rings (SSSR count). The summed E-state index contributed by atoms with van der Waals surface area (Å²) in [6, 6.07) is 7.58. The molecule has 1 aliphatic heterocycles. The Morgan fingerprint density at radius 3 is 2.50 bits per heavy atom. The molecule has 22 heavy (non-hydrogen) atoms. The molecule has 1 unspecified atom stereocenters. The van der Waals surface area contributed by atoms with Gasteiger partial charge >= 0.3 is 0 Å². The van der Waals surface area contributed by atoms with Crippen molar-refractivity contribution >= 4 is 21.6 Å². The topological polar surface area (TPSA) is 58.6 Å². The molecule has 0 bridgehead atoms. The number of hydrogen-bond acceptors (Lipinski definition) is 4. The van der Waals surface area contributed by atoms with E-state index in [-0.39, 0.29) is 11.8 Å². The molecule has 1 saturated heterocycles. The number of ether oxygens (including phenoxy) is 1. The number of sulfonamides is 1. The van der Waals surface area contributed by atoms with Gasteiger partial charge in [-0.3, -0.25) is 4.90 Å². The lowest BCUT2D eigenvalue weighted by atomic mass is 10.1. The van der Waals surface area contributed by atoms with E-state index in [1.165, 1.54) is 0 Å². The van der Waals surface area contributed by atoms with Gasteiger partial charge in [0, 0.05) is 30.7 Å². The van der Waals surface area contributed by atoms with Crippen molar-refractivity contribution in [1.82, 2.24) is 9.62 Å². The van der Waals surface area contributed by atoms with E-state index in [0.29, 0.717) is 31.2 Å². The third-order valence-corrected chi connectivity index (χ3v) is 5.51. The molecule has 1 aliphatic rings. The van der Waals surface area contributed by atoms with Crippen LogP contribution in [0.4, 0.5) is 0 Å². The normalized spacial score (nSPS) is 18.3. The van der Waals surface area contributed by atoms with Gasteiger partial charge in [-0.1, -0.05) is 30.7 Å². The van der Waals surface area contributed by atoms with Gasteiger partial charge in [0.2, 0.25) is 10.0 Å². The van der Waals surface area contributed by atoms with Crippen LogP contribution in [-0.4, -0.2) is 51.9 Å². The van der Waals surface area contributed by atoms with Crippen LogP contribution in [0.5, 0.6) is 0 Å². The minimum Gasteiger partial charge on any atom is -0.379 e. The number of hydrogen-bond donors (Lipinski definition) is 1. The van der Waals surface area contributed by atoms with Crippen LogP contribution in [0.2, 0.25) is 5.02 Å². The maximum atomic E-state index is 11.9. The summed E-state index contributed by atoms with van der Waals surface area (Å²) >= 11 is 5.95. The number of benzene rings is 1. The molecule has 0 aliphatic carbocycles. The highest BCUT2D eigenvalue weighted by atomic mass is 35.5. The second-order valence-corrected chi connectivity index (χ2v) is 7.75. The second kappa shape index (κ2) is 8.26. The first-order valence-electron chi connectivity index (χ1n) is 7.56. The fourth-order valence-corrected chi connectivity index (χ4v) is 3.80. The number of rotatable bonds is 7.